The molecule has 3 unspecified atom stereocenters. The molecule has 2 aromatic rings. The Morgan fingerprint density at radius 1 is 1.00 bits per heavy atom. The fraction of sp³-hybridized carbons (Fsp3) is 0.444. The van der Waals surface area contributed by atoms with Crippen LogP contribution in [0.3, 0.4) is 0 Å². The highest BCUT2D eigenvalue weighted by Gasteiger charge is 2.27. The molecule has 1 saturated heterocycles. The summed E-state index contributed by atoms with van der Waals surface area (Å²) in [6, 6.07) is 13.9. The van der Waals surface area contributed by atoms with E-state index in [1.165, 1.54) is 0 Å². The molecule has 7 heteroatoms. The van der Waals surface area contributed by atoms with Crippen molar-refractivity contribution in [1.29, 1.82) is 0 Å². The third-order valence-electron chi connectivity index (χ3n) is 5.89. The van der Waals surface area contributed by atoms with E-state index in [0.29, 0.717) is 30.8 Å². The predicted octanol–water partition coefficient (Wildman–Crippen LogP) is 3.32. The first-order chi connectivity index (χ1) is 16.1. The lowest BCUT2D eigenvalue weighted by atomic mass is 10.0. The molecule has 0 bridgehead atoms. The smallest absolute Gasteiger partial charge is 0.254 e. The van der Waals surface area contributed by atoms with Crippen LogP contribution in [-0.4, -0.2) is 54.0 Å². The van der Waals surface area contributed by atoms with Crippen molar-refractivity contribution < 1.29 is 19.1 Å². The minimum Gasteiger partial charge on any atom is -0.372 e. The van der Waals surface area contributed by atoms with Crippen LogP contribution < -0.4 is 10.6 Å². The molecule has 3 atom stereocenters. The molecule has 0 spiro atoms. The predicted molar refractivity (Wildman–Crippen MR) is 131 cm³/mol. The number of hydrogen-bond acceptors (Lipinski definition) is 4. The molecule has 3 amide bonds. The van der Waals surface area contributed by atoms with Crippen molar-refractivity contribution in [1.82, 2.24) is 15.5 Å². The molecular formula is C27H35N3O4. The standard InChI is InChI=1S/C27H35N3O4/c1-17(2)24(29-25(31)23-8-6-7-18(3)13-23)26(32)28-14-21-9-11-22(12-10-21)27(33)30-15-19(4)34-20(5)16-30/h6-13,17,19-20,24H,14-16H2,1-5H3,(H,28,32)(H,29,31). The lowest BCUT2D eigenvalue weighted by Crippen LogP contribution is -2.49. The van der Waals surface area contributed by atoms with Crippen LogP contribution in [0.2, 0.25) is 0 Å². The van der Waals surface area contributed by atoms with E-state index in [2.05, 4.69) is 10.6 Å². The van der Waals surface area contributed by atoms with Gasteiger partial charge in [0.2, 0.25) is 5.91 Å². The Bertz CT molecular complexity index is 1010. The Balaban J connectivity index is 1.57. The van der Waals surface area contributed by atoms with E-state index in [-0.39, 0.29) is 35.8 Å². The van der Waals surface area contributed by atoms with E-state index in [1.807, 2.05) is 63.8 Å². The molecule has 3 rings (SSSR count). The van der Waals surface area contributed by atoms with Crippen LogP contribution in [0, 0.1) is 12.8 Å². The van der Waals surface area contributed by atoms with E-state index in [9.17, 15) is 14.4 Å². The molecule has 182 valence electrons. The van der Waals surface area contributed by atoms with E-state index >= 15 is 0 Å². The topological polar surface area (TPSA) is 87.7 Å². The Labute approximate surface area is 201 Å². The second kappa shape index (κ2) is 11.3. The number of carbonyl (C=O) groups excluding carboxylic acids is 3. The number of carbonyl (C=O) groups is 3. The first kappa shape index (κ1) is 25.4. The van der Waals surface area contributed by atoms with Crippen LogP contribution in [0.4, 0.5) is 0 Å². The monoisotopic (exact) mass is 465 g/mol. The van der Waals surface area contributed by atoms with Gasteiger partial charge in [-0.05, 0) is 56.5 Å². The highest BCUT2D eigenvalue weighted by molar-refractivity contribution is 5.97. The molecular weight excluding hydrogens is 430 g/mol. The number of aryl methyl sites for hydroxylation is 1. The number of nitrogens with zero attached hydrogens (tertiary/aromatic N) is 1. The fourth-order valence-corrected chi connectivity index (χ4v) is 4.14. The summed E-state index contributed by atoms with van der Waals surface area (Å²) in [5, 5.41) is 5.76. The first-order valence-corrected chi connectivity index (χ1v) is 11.8. The van der Waals surface area contributed by atoms with Crippen LogP contribution in [0.1, 0.15) is 59.5 Å². The molecule has 1 aliphatic rings. The van der Waals surface area contributed by atoms with Crippen LogP contribution in [0.15, 0.2) is 48.5 Å². The number of ether oxygens (including phenoxy) is 1. The number of amides is 3. The van der Waals surface area contributed by atoms with E-state index < -0.39 is 6.04 Å². The molecule has 34 heavy (non-hydrogen) atoms. The maximum absolute atomic E-state index is 12.8. The minimum absolute atomic E-state index is 0.0162. The molecule has 1 heterocycles. The van der Waals surface area contributed by atoms with E-state index in [0.717, 1.165) is 11.1 Å². The van der Waals surface area contributed by atoms with Gasteiger partial charge in [0.15, 0.2) is 0 Å². The second-order valence-corrected chi connectivity index (χ2v) is 9.45. The van der Waals surface area contributed by atoms with Crippen molar-refractivity contribution in [2.24, 2.45) is 5.92 Å². The van der Waals surface area contributed by atoms with Gasteiger partial charge in [-0.2, -0.15) is 0 Å². The molecule has 0 aliphatic carbocycles. The van der Waals surface area contributed by atoms with Gasteiger partial charge in [-0.15, -0.1) is 0 Å². The molecule has 2 aromatic carbocycles. The van der Waals surface area contributed by atoms with Crippen molar-refractivity contribution in [3.05, 3.63) is 70.8 Å². The van der Waals surface area contributed by atoms with E-state index in [4.69, 9.17) is 4.74 Å². The minimum atomic E-state index is -0.654. The maximum atomic E-state index is 12.8. The molecule has 2 N–H and O–H groups in total. The Morgan fingerprint density at radius 2 is 1.65 bits per heavy atom. The normalized spacial score (nSPS) is 18.9. The number of nitrogens with one attached hydrogen (secondary N) is 2. The van der Waals surface area contributed by atoms with E-state index in [1.54, 1.807) is 24.3 Å². The molecule has 0 aromatic heterocycles. The average molecular weight is 466 g/mol. The molecule has 0 saturated carbocycles. The SMILES string of the molecule is Cc1cccc(C(=O)NC(C(=O)NCc2ccc(C(=O)N3CC(C)OC(C)C3)cc2)C(C)C)c1. The Morgan fingerprint density at radius 3 is 2.24 bits per heavy atom. The molecule has 1 aliphatic heterocycles. The Kier molecular flexibility index (Phi) is 8.45. The van der Waals surface area contributed by atoms with Gasteiger partial charge in [-0.3, -0.25) is 14.4 Å². The van der Waals surface area contributed by atoms with Gasteiger partial charge >= 0.3 is 0 Å². The van der Waals surface area contributed by atoms with Crippen molar-refractivity contribution in [3.63, 3.8) is 0 Å². The van der Waals surface area contributed by atoms with Gasteiger partial charge in [0.25, 0.3) is 11.8 Å². The number of morpholine rings is 1. The lowest BCUT2D eigenvalue weighted by Gasteiger charge is -2.35. The summed E-state index contributed by atoms with van der Waals surface area (Å²) in [6.07, 6.45) is 0.0324. The van der Waals surface area contributed by atoms with Gasteiger partial charge in [0, 0.05) is 30.8 Å². The highest BCUT2D eigenvalue weighted by Crippen LogP contribution is 2.15. The van der Waals surface area contributed by atoms with Crippen LogP contribution in [0.25, 0.3) is 0 Å². The van der Waals surface area contributed by atoms with Crippen LogP contribution in [-0.2, 0) is 16.1 Å². The molecule has 7 nitrogen and oxygen atoms in total. The summed E-state index contributed by atoms with van der Waals surface area (Å²) in [5.41, 5.74) is 3.00. The summed E-state index contributed by atoms with van der Waals surface area (Å²) in [6.45, 7) is 11.1. The zero-order valence-electron chi connectivity index (χ0n) is 20.6. The van der Waals surface area contributed by atoms with Gasteiger partial charge in [-0.25, -0.2) is 0 Å². The summed E-state index contributed by atoms with van der Waals surface area (Å²) < 4.78 is 5.71. The van der Waals surface area contributed by atoms with Crippen molar-refractivity contribution in [2.45, 2.75) is 59.4 Å². The third-order valence-corrected chi connectivity index (χ3v) is 5.89. The van der Waals surface area contributed by atoms with Crippen LogP contribution in [0.5, 0.6) is 0 Å². The van der Waals surface area contributed by atoms with Crippen molar-refractivity contribution >= 4 is 17.7 Å². The van der Waals surface area contributed by atoms with Crippen LogP contribution >= 0.6 is 0 Å². The number of hydrogen-bond donors (Lipinski definition) is 2. The first-order valence-electron chi connectivity index (χ1n) is 11.8. The summed E-state index contributed by atoms with van der Waals surface area (Å²) in [5.74, 6) is -0.608. The van der Waals surface area contributed by atoms with Crippen molar-refractivity contribution in [2.75, 3.05) is 13.1 Å². The quantitative estimate of drug-likeness (QED) is 0.657. The third kappa shape index (κ3) is 6.67. The summed E-state index contributed by atoms with van der Waals surface area (Å²) in [7, 11) is 0. The maximum Gasteiger partial charge on any atom is 0.254 e. The molecule has 1 fully saturated rings. The summed E-state index contributed by atoms with van der Waals surface area (Å²) in [4.78, 5) is 40.1. The lowest BCUT2D eigenvalue weighted by molar-refractivity contribution is -0.124. The zero-order valence-corrected chi connectivity index (χ0v) is 20.6. The zero-order chi connectivity index (χ0) is 24.8. The van der Waals surface area contributed by atoms with Crippen molar-refractivity contribution in [3.8, 4) is 0 Å². The van der Waals surface area contributed by atoms with Gasteiger partial charge in [0.1, 0.15) is 6.04 Å². The second-order valence-electron chi connectivity index (χ2n) is 9.45. The van der Waals surface area contributed by atoms with Gasteiger partial charge < -0.3 is 20.3 Å². The largest absolute Gasteiger partial charge is 0.372 e. The Hall–Kier alpha value is -3.19. The fourth-order valence-electron chi connectivity index (χ4n) is 4.14. The summed E-state index contributed by atoms with van der Waals surface area (Å²) >= 11 is 0. The van der Waals surface area contributed by atoms with Gasteiger partial charge in [0.05, 0.1) is 12.2 Å². The average Bonchev–Trinajstić information content (AvgIpc) is 2.80. The number of benzene rings is 2. The number of rotatable bonds is 7. The molecule has 0 radical (unpaired) electrons. The highest BCUT2D eigenvalue weighted by atomic mass is 16.5. The van der Waals surface area contributed by atoms with Gasteiger partial charge in [-0.1, -0.05) is 43.7 Å².